The summed E-state index contributed by atoms with van der Waals surface area (Å²) in [6.07, 6.45) is 3.27. The van der Waals surface area contributed by atoms with Crippen LogP contribution in [0, 0.1) is 10.1 Å². The number of amides is 1. The maximum absolute atomic E-state index is 12.2. The van der Waals surface area contributed by atoms with Gasteiger partial charge in [0, 0.05) is 30.2 Å². The normalized spacial score (nSPS) is 10.6. The smallest absolute Gasteiger partial charge is 0.277 e. The van der Waals surface area contributed by atoms with Crippen molar-refractivity contribution in [3.8, 4) is 22.6 Å². The monoisotopic (exact) mass is 433 g/mol. The van der Waals surface area contributed by atoms with Gasteiger partial charge in [-0.05, 0) is 47.5 Å². The van der Waals surface area contributed by atoms with Crippen LogP contribution in [0.1, 0.15) is 0 Å². The zero-order chi connectivity index (χ0) is 21.6. The number of aromatic nitrogens is 3. The second-order valence-electron chi connectivity index (χ2n) is 6.33. The number of hydrogen-bond donors (Lipinski definition) is 1. The molecule has 0 saturated carbocycles. The molecule has 154 valence electrons. The number of non-ortho nitro benzene ring substituents is 1. The molecule has 9 nitrogen and oxygen atoms in total. The Bertz CT molecular complexity index is 1190. The first kappa shape index (κ1) is 20.2. The molecule has 0 aliphatic carbocycles. The van der Waals surface area contributed by atoms with Crippen molar-refractivity contribution in [3.05, 3.63) is 83.2 Å². The van der Waals surface area contributed by atoms with E-state index < -0.39 is 4.92 Å². The lowest BCUT2D eigenvalue weighted by Gasteiger charge is -2.06. The molecule has 0 saturated heterocycles. The second kappa shape index (κ2) is 9.18. The topological polar surface area (TPSA) is 124 Å². The van der Waals surface area contributed by atoms with E-state index in [2.05, 4.69) is 20.5 Å². The van der Waals surface area contributed by atoms with Crippen LogP contribution < -0.4 is 5.32 Å². The number of nitro benzene ring substituents is 1. The number of benzene rings is 2. The van der Waals surface area contributed by atoms with Crippen molar-refractivity contribution in [3.63, 3.8) is 0 Å². The molecule has 2 heterocycles. The fraction of sp³-hybridized carbons (Fsp3) is 0.0476. The van der Waals surface area contributed by atoms with Crippen molar-refractivity contribution in [2.75, 3.05) is 11.1 Å². The molecule has 1 N–H and O–H groups in total. The zero-order valence-electron chi connectivity index (χ0n) is 16.0. The Morgan fingerprint density at radius 1 is 1.00 bits per heavy atom. The Labute approximate surface area is 180 Å². The van der Waals surface area contributed by atoms with E-state index >= 15 is 0 Å². The second-order valence-corrected chi connectivity index (χ2v) is 7.26. The number of thioether (sulfide) groups is 1. The van der Waals surface area contributed by atoms with E-state index in [9.17, 15) is 14.9 Å². The first-order valence-corrected chi connectivity index (χ1v) is 10.1. The average molecular weight is 433 g/mol. The van der Waals surface area contributed by atoms with Gasteiger partial charge in [-0.1, -0.05) is 23.9 Å². The Hall–Kier alpha value is -4.05. The van der Waals surface area contributed by atoms with Gasteiger partial charge >= 0.3 is 0 Å². The quantitative estimate of drug-likeness (QED) is 0.258. The Morgan fingerprint density at radius 3 is 2.35 bits per heavy atom. The minimum atomic E-state index is -0.436. The molecule has 31 heavy (non-hydrogen) atoms. The minimum absolute atomic E-state index is 0.0407. The summed E-state index contributed by atoms with van der Waals surface area (Å²) >= 11 is 1.14. The molecule has 0 radical (unpaired) electrons. The van der Waals surface area contributed by atoms with Crippen LogP contribution in [0.25, 0.3) is 22.6 Å². The highest BCUT2D eigenvalue weighted by atomic mass is 32.2. The van der Waals surface area contributed by atoms with Crippen LogP contribution in [-0.4, -0.2) is 31.8 Å². The highest BCUT2D eigenvalue weighted by Crippen LogP contribution is 2.25. The fourth-order valence-electron chi connectivity index (χ4n) is 2.72. The van der Waals surface area contributed by atoms with Crippen molar-refractivity contribution in [2.45, 2.75) is 5.22 Å². The van der Waals surface area contributed by atoms with Gasteiger partial charge in [0.2, 0.25) is 11.8 Å². The van der Waals surface area contributed by atoms with Crippen LogP contribution in [0.3, 0.4) is 0 Å². The van der Waals surface area contributed by atoms with E-state index in [4.69, 9.17) is 4.42 Å². The molecule has 4 rings (SSSR count). The van der Waals surface area contributed by atoms with Crippen LogP contribution in [0.2, 0.25) is 0 Å². The van der Waals surface area contributed by atoms with E-state index in [-0.39, 0.29) is 17.3 Å². The lowest BCUT2D eigenvalue weighted by Crippen LogP contribution is -2.13. The highest BCUT2D eigenvalue weighted by molar-refractivity contribution is 7.99. The van der Waals surface area contributed by atoms with Crippen LogP contribution >= 0.6 is 11.8 Å². The van der Waals surface area contributed by atoms with Gasteiger partial charge < -0.3 is 9.73 Å². The summed E-state index contributed by atoms with van der Waals surface area (Å²) in [6, 6.07) is 17.1. The summed E-state index contributed by atoms with van der Waals surface area (Å²) in [5.41, 5.74) is 3.12. The number of carbonyl (C=O) groups excluding carboxylic acids is 1. The average Bonchev–Trinajstić information content (AvgIpc) is 3.28. The van der Waals surface area contributed by atoms with Gasteiger partial charge in [0.25, 0.3) is 10.9 Å². The van der Waals surface area contributed by atoms with Gasteiger partial charge in [0.1, 0.15) is 0 Å². The molecule has 0 aliphatic heterocycles. The first-order chi connectivity index (χ1) is 15.1. The summed E-state index contributed by atoms with van der Waals surface area (Å²) in [4.78, 5) is 26.5. The lowest BCUT2D eigenvalue weighted by atomic mass is 10.1. The number of nitrogens with one attached hydrogen (secondary N) is 1. The van der Waals surface area contributed by atoms with Gasteiger partial charge in [0.05, 0.1) is 16.2 Å². The number of nitrogens with zero attached hydrogens (tertiary/aromatic N) is 4. The van der Waals surface area contributed by atoms with Gasteiger partial charge in [-0.2, -0.15) is 0 Å². The number of carbonyl (C=O) groups is 1. The SMILES string of the molecule is O=C(CSc1nnc(-c2cccnc2)o1)Nc1ccc(-c2ccc([N+](=O)[O-])cc2)cc1. The zero-order valence-corrected chi connectivity index (χ0v) is 16.8. The highest BCUT2D eigenvalue weighted by Gasteiger charge is 2.12. The molecule has 0 aliphatic rings. The van der Waals surface area contributed by atoms with Crippen LogP contribution in [-0.2, 0) is 4.79 Å². The van der Waals surface area contributed by atoms with Gasteiger partial charge in [-0.15, -0.1) is 10.2 Å². The lowest BCUT2D eigenvalue weighted by molar-refractivity contribution is -0.384. The van der Waals surface area contributed by atoms with Gasteiger partial charge in [-0.3, -0.25) is 19.9 Å². The molecule has 0 fully saturated rings. The first-order valence-electron chi connectivity index (χ1n) is 9.10. The molecule has 2 aromatic heterocycles. The van der Waals surface area contributed by atoms with Crippen LogP contribution in [0.5, 0.6) is 0 Å². The molecule has 0 unspecified atom stereocenters. The van der Waals surface area contributed by atoms with Gasteiger partial charge in [0.15, 0.2) is 0 Å². The third-order valence-corrected chi connectivity index (χ3v) is 5.04. The third-order valence-electron chi connectivity index (χ3n) is 4.22. The van der Waals surface area contributed by atoms with E-state index in [1.165, 1.54) is 12.1 Å². The Kier molecular flexibility index (Phi) is 5.99. The van der Waals surface area contributed by atoms with Crippen molar-refractivity contribution < 1.29 is 14.1 Å². The number of hydrogen-bond acceptors (Lipinski definition) is 8. The molecular weight excluding hydrogens is 418 g/mol. The maximum atomic E-state index is 12.2. The Balaban J connectivity index is 1.32. The minimum Gasteiger partial charge on any atom is -0.411 e. The molecule has 0 bridgehead atoms. The summed E-state index contributed by atoms with van der Waals surface area (Å²) in [5.74, 6) is 0.241. The predicted molar refractivity (Wildman–Crippen MR) is 115 cm³/mol. The summed E-state index contributed by atoms with van der Waals surface area (Å²) < 4.78 is 5.54. The van der Waals surface area contributed by atoms with Crippen LogP contribution in [0.4, 0.5) is 11.4 Å². The molecule has 1 amide bonds. The standard InChI is InChI=1S/C21H15N5O4S/c27-19(13-31-21-25-24-20(30-21)16-2-1-11-22-12-16)23-17-7-3-14(4-8-17)15-5-9-18(10-6-15)26(28)29/h1-12H,13H2,(H,23,27). The predicted octanol–water partition coefficient (Wildman–Crippen LogP) is 4.44. The summed E-state index contributed by atoms with van der Waals surface area (Å²) in [5, 5.41) is 21.7. The van der Waals surface area contributed by atoms with E-state index in [1.807, 2.05) is 18.2 Å². The molecular formula is C21H15N5O4S. The van der Waals surface area contributed by atoms with E-state index in [0.717, 1.165) is 22.9 Å². The number of rotatable bonds is 7. The van der Waals surface area contributed by atoms with Crippen LogP contribution in [0.15, 0.2) is 82.7 Å². The third kappa shape index (κ3) is 5.11. The molecule has 0 atom stereocenters. The number of nitro groups is 1. The summed E-state index contributed by atoms with van der Waals surface area (Å²) in [7, 11) is 0. The van der Waals surface area contributed by atoms with Crippen molar-refractivity contribution in [2.24, 2.45) is 0 Å². The maximum Gasteiger partial charge on any atom is 0.277 e. The number of anilines is 1. The van der Waals surface area contributed by atoms with Gasteiger partial charge in [-0.25, -0.2) is 0 Å². The molecule has 0 spiro atoms. The van der Waals surface area contributed by atoms with Crippen molar-refractivity contribution in [1.82, 2.24) is 15.2 Å². The van der Waals surface area contributed by atoms with E-state index in [1.54, 1.807) is 42.7 Å². The van der Waals surface area contributed by atoms with Crippen molar-refractivity contribution in [1.29, 1.82) is 0 Å². The Morgan fingerprint density at radius 2 is 1.71 bits per heavy atom. The molecule has 2 aromatic carbocycles. The molecule has 4 aromatic rings. The summed E-state index contributed by atoms with van der Waals surface area (Å²) in [6.45, 7) is 0. The largest absolute Gasteiger partial charge is 0.411 e. The number of pyridine rings is 1. The van der Waals surface area contributed by atoms with Crippen molar-refractivity contribution >= 4 is 29.0 Å². The molecule has 10 heteroatoms. The fourth-order valence-corrected chi connectivity index (χ4v) is 3.28. The van der Waals surface area contributed by atoms with E-state index in [0.29, 0.717) is 22.4 Å².